The molecule has 274 valence electrons. The van der Waals surface area contributed by atoms with Gasteiger partial charge in [-0.1, -0.05) is 134 Å². The first-order chi connectivity index (χ1) is 28.5. The van der Waals surface area contributed by atoms with Crippen molar-refractivity contribution in [2.75, 3.05) is 4.90 Å². The molecule has 1 aliphatic heterocycles. The zero-order valence-electron chi connectivity index (χ0n) is 32.2. The third-order valence-electron chi connectivity index (χ3n) is 12.0. The van der Waals surface area contributed by atoms with Crippen LogP contribution in [-0.2, 0) is 0 Å². The van der Waals surface area contributed by atoms with E-state index >= 15 is 0 Å². The number of para-hydroxylation sites is 2. The fourth-order valence-corrected chi connectivity index (χ4v) is 9.24. The van der Waals surface area contributed by atoms with E-state index < -0.39 is 0 Å². The topological polar surface area (TPSA) is 34.2 Å². The van der Waals surface area contributed by atoms with Gasteiger partial charge >= 0.3 is 0 Å². The molecular weight excluding hydrogens is 703 g/mol. The van der Waals surface area contributed by atoms with Gasteiger partial charge in [-0.3, -0.25) is 0 Å². The lowest BCUT2D eigenvalue weighted by atomic mass is 9.90. The second kappa shape index (κ2) is 13.3. The summed E-state index contributed by atoms with van der Waals surface area (Å²) in [6, 6.07) is 65.2. The van der Waals surface area contributed by atoms with Crippen LogP contribution in [0.4, 0.5) is 11.4 Å². The Morgan fingerprint density at radius 3 is 2.07 bits per heavy atom. The Balaban J connectivity index is 1.05. The van der Waals surface area contributed by atoms with E-state index in [1.54, 1.807) is 0 Å². The molecule has 0 spiro atoms. The fourth-order valence-electron chi connectivity index (χ4n) is 9.24. The standard InChI is InChI=1S/C55H39N3/c1-35-14-12-24-46-44-21-8-9-23-47(44)54(53(35)46)55(56)40-16-13-19-42(32-40)58-51-25-11-10-22-45(51)49-34-39(27-29-52(49)58)38-26-28-50-48(33-38)36(2)43-20-7-6-15-37(43)30-31-57(50)41-17-4-3-5-18-41/h3-34H,2,56H2,1H3/b31-30-,55-54-. The minimum Gasteiger partial charge on any atom is -0.398 e. The summed E-state index contributed by atoms with van der Waals surface area (Å²) >= 11 is 0. The highest BCUT2D eigenvalue weighted by atomic mass is 15.1. The maximum Gasteiger partial charge on any atom is 0.0541 e. The SMILES string of the molecule is C=C1c2ccccc2/C=C\N(c2ccccc2)c2ccc(-c3ccc4c(c3)c3ccccc3n4-c3cccc(/C(N)=C4\c5ccccc5-c5cccc(C)c54)c3)cc21. The Morgan fingerprint density at radius 2 is 1.19 bits per heavy atom. The Morgan fingerprint density at radius 1 is 0.517 bits per heavy atom. The van der Waals surface area contributed by atoms with Crippen molar-refractivity contribution >= 4 is 56.1 Å². The van der Waals surface area contributed by atoms with Crippen molar-refractivity contribution in [3.63, 3.8) is 0 Å². The number of fused-ring (bicyclic) bond motifs is 8. The van der Waals surface area contributed by atoms with Crippen molar-refractivity contribution in [2.24, 2.45) is 5.73 Å². The van der Waals surface area contributed by atoms with Crippen LogP contribution < -0.4 is 10.6 Å². The summed E-state index contributed by atoms with van der Waals surface area (Å²) in [6.07, 6.45) is 4.36. The van der Waals surface area contributed by atoms with E-state index in [0.717, 1.165) is 78.3 Å². The summed E-state index contributed by atoms with van der Waals surface area (Å²) in [4.78, 5) is 2.26. The monoisotopic (exact) mass is 741 g/mol. The summed E-state index contributed by atoms with van der Waals surface area (Å²) < 4.78 is 2.38. The molecule has 1 aliphatic carbocycles. The molecule has 0 bridgehead atoms. The molecule has 0 atom stereocenters. The smallest absolute Gasteiger partial charge is 0.0541 e. The molecule has 11 rings (SSSR count). The molecule has 0 unspecified atom stereocenters. The molecule has 2 heterocycles. The van der Waals surface area contributed by atoms with E-state index in [0.29, 0.717) is 0 Å². The number of benzene rings is 8. The highest BCUT2D eigenvalue weighted by Gasteiger charge is 2.27. The van der Waals surface area contributed by atoms with Crippen molar-refractivity contribution in [3.05, 3.63) is 234 Å². The highest BCUT2D eigenvalue weighted by molar-refractivity contribution is 6.12. The van der Waals surface area contributed by atoms with Crippen molar-refractivity contribution in [2.45, 2.75) is 6.92 Å². The maximum atomic E-state index is 7.23. The van der Waals surface area contributed by atoms with Crippen molar-refractivity contribution in [1.82, 2.24) is 4.57 Å². The lowest BCUT2D eigenvalue weighted by molar-refractivity contribution is 1.18. The third-order valence-corrected chi connectivity index (χ3v) is 12.0. The molecule has 0 amide bonds. The van der Waals surface area contributed by atoms with Crippen molar-refractivity contribution < 1.29 is 0 Å². The van der Waals surface area contributed by atoms with E-state index in [1.807, 2.05) is 0 Å². The maximum absolute atomic E-state index is 7.23. The molecule has 9 aromatic rings. The number of aromatic nitrogens is 1. The predicted octanol–water partition coefficient (Wildman–Crippen LogP) is 13.8. The van der Waals surface area contributed by atoms with E-state index in [1.165, 1.54) is 38.6 Å². The molecule has 1 aromatic heterocycles. The van der Waals surface area contributed by atoms with Crippen LogP contribution >= 0.6 is 0 Å². The molecular formula is C55H39N3. The van der Waals surface area contributed by atoms with Gasteiger partial charge in [0.25, 0.3) is 0 Å². The largest absolute Gasteiger partial charge is 0.398 e. The minimum atomic E-state index is 0.787. The number of aryl methyl sites for hydroxylation is 1. The Labute approximate surface area is 338 Å². The second-order valence-corrected chi connectivity index (χ2v) is 15.3. The molecule has 0 saturated heterocycles. The van der Waals surface area contributed by atoms with Gasteiger partial charge in [-0.25, -0.2) is 0 Å². The molecule has 0 saturated carbocycles. The molecule has 58 heavy (non-hydrogen) atoms. The molecule has 3 nitrogen and oxygen atoms in total. The van der Waals surface area contributed by atoms with Gasteiger partial charge in [0.2, 0.25) is 0 Å². The Hall–Kier alpha value is -7.62. The first kappa shape index (κ1) is 33.7. The van der Waals surface area contributed by atoms with Crippen LogP contribution in [0.1, 0.15) is 38.9 Å². The number of rotatable bonds is 4. The van der Waals surface area contributed by atoms with Gasteiger partial charge in [0, 0.05) is 50.7 Å². The van der Waals surface area contributed by atoms with Crippen LogP contribution in [-0.4, -0.2) is 4.57 Å². The molecule has 8 aromatic carbocycles. The predicted molar refractivity (Wildman–Crippen MR) is 245 cm³/mol. The minimum absolute atomic E-state index is 0.787. The van der Waals surface area contributed by atoms with Crippen molar-refractivity contribution in [3.8, 4) is 27.9 Å². The zero-order chi connectivity index (χ0) is 38.9. The van der Waals surface area contributed by atoms with Gasteiger partial charge in [-0.05, 0) is 123 Å². The van der Waals surface area contributed by atoms with Gasteiger partial charge in [-0.15, -0.1) is 0 Å². The molecule has 3 heteroatoms. The van der Waals surface area contributed by atoms with E-state index in [2.05, 4.69) is 217 Å². The average Bonchev–Trinajstić information content (AvgIpc) is 3.80. The summed E-state index contributed by atoms with van der Waals surface area (Å²) in [5.74, 6) is 0. The quantitative estimate of drug-likeness (QED) is 0.195. The number of hydrogen-bond donors (Lipinski definition) is 1. The highest BCUT2D eigenvalue weighted by Crippen LogP contribution is 2.48. The van der Waals surface area contributed by atoms with Gasteiger partial charge in [0.1, 0.15) is 0 Å². The molecule has 2 aliphatic rings. The average molecular weight is 742 g/mol. The molecule has 2 N–H and O–H groups in total. The molecule has 0 fully saturated rings. The van der Waals surface area contributed by atoms with Crippen LogP contribution in [0.3, 0.4) is 0 Å². The number of nitrogens with two attached hydrogens (primary N) is 1. The zero-order valence-corrected chi connectivity index (χ0v) is 32.2. The van der Waals surface area contributed by atoms with Gasteiger partial charge in [0.05, 0.1) is 16.7 Å². The Bertz CT molecular complexity index is 3210. The van der Waals surface area contributed by atoms with E-state index in [4.69, 9.17) is 5.73 Å². The summed E-state index contributed by atoms with van der Waals surface area (Å²) in [5, 5.41) is 2.40. The lowest BCUT2D eigenvalue weighted by Crippen LogP contribution is -2.12. The number of hydrogen-bond acceptors (Lipinski definition) is 2. The van der Waals surface area contributed by atoms with Gasteiger partial charge in [-0.2, -0.15) is 0 Å². The first-order valence-electron chi connectivity index (χ1n) is 19.8. The number of nitrogens with zero attached hydrogens (tertiary/aromatic N) is 2. The van der Waals surface area contributed by atoms with Gasteiger partial charge < -0.3 is 15.2 Å². The summed E-state index contributed by atoms with van der Waals surface area (Å²) in [7, 11) is 0. The molecule has 0 radical (unpaired) electrons. The summed E-state index contributed by atoms with van der Waals surface area (Å²) in [6.45, 7) is 6.86. The van der Waals surface area contributed by atoms with Crippen LogP contribution in [0, 0.1) is 6.92 Å². The number of anilines is 2. The second-order valence-electron chi connectivity index (χ2n) is 15.3. The first-order valence-corrected chi connectivity index (χ1v) is 19.8. The van der Waals surface area contributed by atoms with Crippen LogP contribution in [0.15, 0.2) is 195 Å². The van der Waals surface area contributed by atoms with Crippen LogP contribution in [0.2, 0.25) is 0 Å². The summed E-state index contributed by atoms with van der Waals surface area (Å²) in [5.41, 5.74) is 28.5. The Kier molecular flexibility index (Phi) is 7.70. The lowest BCUT2D eigenvalue weighted by Gasteiger charge is -2.27. The normalized spacial score (nSPS) is 14.4. The van der Waals surface area contributed by atoms with Gasteiger partial charge in [0.15, 0.2) is 0 Å². The third kappa shape index (κ3) is 5.21. The van der Waals surface area contributed by atoms with Crippen LogP contribution in [0.25, 0.3) is 72.7 Å². The van der Waals surface area contributed by atoms with Crippen molar-refractivity contribution in [1.29, 1.82) is 0 Å². The van der Waals surface area contributed by atoms with Crippen LogP contribution in [0.5, 0.6) is 0 Å². The van der Waals surface area contributed by atoms with E-state index in [-0.39, 0.29) is 0 Å². The fraction of sp³-hybridized carbons (Fsp3) is 0.0182. The van der Waals surface area contributed by atoms with E-state index in [9.17, 15) is 0 Å².